The van der Waals surface area contributed by atoms with Gasteiger partial charge in [-0.15, -0.1) is 0 Å². The van der Waals surface area contributed by atoms with Gasteiger partial charge in [0.2, 0.25) is 17.7 Å². The predicted molar refractivity (Wildman–Crippen MR) is 105 cm³/mol. The molecule has 3 fully saturated rings. The van der Waals surface area contributed by atoms with Crippen molar-refractivity contribution in [2.45, 2.75) is 44.2 Å². The summed E-state index contributed by atoms with van der Waals surface area (Å²) < 4.78 is 10.5. The molecule has 0 radical (unpaired) electrons. The van der Waals surface area contributed by atoms with Crippen molar-refractivity contribution >= 4 is 17.6 Å². The summed E-state index contributed by atoms with van der Waals surface area (Å²) in [5, 5.41) is 3.40. The largest absolute Gasteiger partial charge is 0.481 e. The van der Waals surface area contributed by atoms with Crippen LogP contribution in [0.15, 0.2) is 12.4 Å². The van der Waals surface area contributed by atoms with E-state index < -0.39 is 0 Å². The molecule has 2 amide bonds. The lowest BCUT2D eigenvalue weighted by Gasteiger charge is -2.34. The Bertz CT molecular complexity index is 731. The van der Waals surface area contributed by atoms with Crippen molar-refractivity contribution in [2.24, 2.45) is 5.92 Å². The van der Waals surface area contributed by atoms with Crippen LogP contribution in [0, 0.1) is 5.92 Å². The Labute approximate surface area is 170 Å². The van der Waals surface area contributed by atoms with Crippen LogP contribution in [-0.4, -0.2) is 83.6 Å². The van der Waals surface area contributed by atoms with E-state index in [2.05, 4.69) is 15.3 Å². The first-order valence-corrected chi connectivity index (χ1v) is 10.4. The van der Waals surface area contributed by atoms with Crippen LogP contribution in [-0.2, 0) is 14.3 Å². The van der Waals surface area contributed by atoms with E-state index in [1.54, 1.807) is 13.2 Å². The molecular weight excluding hydrogens is 374 g/mol. The van der Waals surface area contributed by atoms with Crippen LogP contribution in [0.2, 0.25) is 0 Å². The van der Waals surface area contributed by atoms with Crippen LogP contribution in [0.4, 0.5) is 5.82 Å². The molecule has 4 heterocycles. The van der Waals surface area contributed by atoms with Crippen molar-refractivity contribution in [1.29, 1.82) is 0 Å². The minimum Gasteiger partial charge on any atom is -0.481 e. The SMILES string of the molecule is COc1cc(NC2CCN(C(=O)C3CC(=O)N(C4CCOCC4)C3)CC2)ncn1. The second kappa shape index (κ2) is 8.94. The molecule has 1 atom stereocenters. The van der Waals surface area contributed by atoms with Gasteiger partial charge in [-0.05, 0) is 25.7 Å². The van der Waals surface area contributed by atoms with E-state index in [0.29, 0.717) is 45.1 Å². The van der Waals surface area contributed by atoms with Gasteiger partial charge in [0.25, 0.3) is 0 Å². The fraction of sp³-hybridized carbons (Fsp3) is 0.700. The maximum atomic E-state index is 13.0. The van der Waals surface area contributed by atoms with E-state index in [1.807, 2.05) is 9.80 Å². The van der Waals surface area contributed by atoms with Gasteiger partial charge in [-0.25, -0.2) is 9.97 Å². The maximum absolute atomic E-state index is 13.0. The first-order valence-electron chi connectivity index (χ1n) is 10.4. The fourth-order valence-corrected chi connectivity index (χ4v) is 4.49. The van der Waals surface area contributed by atoms with E-state index in [4.69, 9.17) is 9.47 Å². The third-order valence-electron chi connectivity index (χ3n) is 6.15. The highest BCUT2D eigenvalue weighted by Crippen LogP contribution is 2.27. The van der Waals surface area contributed by atoms with Gasteiger partial charge in [0.05, 0.1) is 13.0 Å². The molecule has 0 spiro atoms. The summed E-state index contributed by atoms with van der Waals surface area (Å²) in [5.41, 5.74) is 0. The molecule has 9 heteroatoms. The Morgan fingerprint density at radius 1 is 1.21 bits per heavy atom. The van der Waals surface area contributed by atoms with Gasteiger partial charge < -0.3 is 24.6 Å². The number of aromatic nitrogens is 2. The van der Waals surface area contributed by atoms with Crippen molar-refractivity contribution in [3.05, 3.63) is 12.4 Å². The van der Waals surface area contributed by atoms with Gasteiger partial charge in [0, 0.05) is 57.4 Å². The maximum Gasteiger partial charge on any atom is 0.227 e. The smallest absolute Gasteiger partial charge is 0.227 e. The van der Waals surface area contributed by atoms with Gasteiger partial charge >= 0.3 is 0 Å². The summed E-state index contributed by atoms with van der Waals surface area (Å²) in [6.07, 6.45) is 5.26. The summed E-state index contributed by atoms with van der Waals surface area (Å²) in [6, 6.07) is 2.25. The molecule has 4 rings (SSSR count). The molecule has 1 unspecified atom stereocenters. The van der Waals surface area contributed by atoms with Crippen molar-refractivity contribution in [3.63, 3.8) is 0 Å². The number of rotatable bonds is 5. The Morgan fingerprint density at radius 3 is 2.69 bits per heavy atom. The third kappa shape index (κ3) is 4.60. The van der Waals surface area contributed by atoms with E-state index in [9.17, 15) is 9.59 Å². The number of carbonyl (C=O) groups is 2. The fourth-order valence-electron chi connectivity index (χ4n) is 4.49. The molecule has 1 aromatic rings. The molecule has 3 aliphatic heterocycles. The Hall–Kier alpha value is -2.42. The minimum atomic E-state index is -0.207. The lowest BCUT2D eigenvalue weighted by Crippen LogP contribution is -2.46. The molecule has 0 aromatic carbocycles. The number of amides is 2. The van der Waals surface area contributed by atoms with Crippen molar-refractivity contribution in [2.75, 3.05) is 45.3 Å². The number of hydrogen-bond donors (Lipinski definition) is 1. The molecule has 0 aliphatic carbocycles. The number of likely N-dealkylation sites (tertiary alicyclic amines) is 2. The number of ether oxygens (including phenoxy) is 2. The zero-order valence-electron chi connectivity index (χ0n) is 16.9. The molecule has 0 bridgehead atoms. The van der Waals surface area contributed by atoms with Gasteiger partial charge in [0.1, 0.15) is 12.1 Å². The lowest BCUT2D eigenvalue weighted by molar-refractivity contribution is -0.136. The Morgan fingerprint density at radius 2 is 1.97 bits per heavy atom. The number of methoxy groups -OCH3 is 1. The van der Waals surface area contributed by atoms with Crippen LogP contribution in [0.25, 0.3) is 0 Å². The van der Waals surface area contributed by atoms with E-state index >= 15 is 0 Å². The predicted octanol–water partition coefficient (Wildman–Crippen LogP) is 0.916. The molecule has 0 saturated carbocycles. The summed E-state index contributed by atoms with van der Waals surface area (Å²) in [4.78, 5) is 37.5. The standard InChI is InChI=1S/C20H29N5O4/c1-28-18-11-17(21-13-22-18)23-15-2-6-24(7-3-15)20(27)14-10-19(26)25(12-14)16-4-8-29-9-5-16/h11,13-16H,2-10,12H2,1H3,(H,21,22,23). The topological polar surface area (TPSA) is 96.9 Å². The van der Waals surface area contributed by atoms with Gasteiger partial charge in [-0.2, -0.15) is 0 Å². The summed E-state index contributed by atoms with van der Waals surface area (Å²) >= 11 is 0. The summed E-state index contributed by atoms with van der Waals surface area (Å²) in [6.45, 7) is 3.35. The lowest BCUT2D eigenvalue weighted by atomic mass is 10.0. The molecule has 3 saturated heterocycles. The Kier molecular flexibility index (Phi) is 6.13. The highest BCUT2D eigenvalue weighted by Gasteiger charge is 2.40. The van der Waals surface area contributed by atoms with Gasteiger partial charge in [-0.3, -0.25) is 9.59 Å². The van der Waals surface area contributed by atoms with Crippen LogP contribution in [0.5, 0.6) is 5.88 Å². The highest BCUT2D eigenvalue weighted by atomic mass is 16.5. The summed E-state index contributed by atoms with van der Waals surface area (Å²) in [5.74, 6) is 1.28. The van der Waals surface area contributed by atoms with Crippen molar-refractivity contribution in [1.82, 2.24) is 19.8 Å². The quantitative estimate of drug-likeness (QED) is 0.781. The molecule has 29 heavy (non-hydrogen) atoms. The Balaban J connectivity index is 1.27. The average molecular weight is 403 g/mol. The van der Waals surface area contributed by atoms with E-state index in [1.165, 1.54) is 6.33 Å². The van der Waals surface area contributed by atoms with Gasteiger partial charge in [-0.1, -0.05) is 0 Å². The summed E-state index contributed by atoms with van der Waals surface area (Å²) in [7, 11) is 1.58. The molecular formula is C20H29N5O4. The molecule has 9 nitrogen and oxygen atoms in total. The monoisotopic (exact) mass is 403 g/mol. The zero-order valence-corrected chi connectivity index (χ0v) is 16.9. The average Bonchev–Trinajstić information content (AvgIpc) is 3.16. The number of anilines is 1. The number of nitrogens with zero attached hydrogens (tertiary/aromatic N) is 4. The molecule has 3 aliphatic rings. The van der Waals surface area contributed by atoms with Crippen molar-refractivity contribution in [3.8, 4) is 5.88 Å². The van der Waals surface area contributed by atoms with Crippen LogP contribution in [0.1, 0.15) is 32.1 Å². The number of nitrogens with one attached hydrogen (secondary N) is 1. The minimum absolute atomic E-state index is 0.115. The molecule has 1 N–H and O–H groups in total. The zero-order chi connectivity index (χ0) is 20.2. The normalized spacial score (nSPS) is 24.0. The molecule has 158 valence electrons. The van der Waals surface area contributed by atoms with Crippen molar-refractivity contribution < 1.29 is 19.1 Å². The second-order valence-electron chi connectivity index (χ2n) is 7.98. The third-order valence-corrected chi connectivity index (χ3v) is 6.15. The highest BCUT2D eigenvalue weighted by molar-refractivity contribution is 5.89. The van der Waals surface area contributed by atoms with Crippen LogP contribution < -0.4 is 10.1 Å². The number of piperidine rings is 1. The number of hydrogen-bond acceptors (Lipinski definition) is 7. The second-order valence-corrected chi connectivity index (χ2v) is 7.98. The first-order chi connectivity index (χ1) is 14.1. The van der Waals surface area contributed by atoms with Crippen LogP contribution >= 0.6 is 0 Å². The van der Waals surface area contributed by atoms with Gasteiger partial charge in [0.15, 0.2) is 0 Å². The number of carbonyl (C=O) groups excluding carboxylic acids is 2. The van der Waals surface area contributed by atoms with E-state index in [-0.39, 0.29) is 29.8 Å². The molecule has 1 aromatic heterocycles. The van der Waals surface area contributed by atoms with E-state index in [0.717, 1.165) is 31.5 Å². The first kappa shape index (κ1) is 19.9. The van der Waals surface area contributed by atoms with Crippen LogP contribution in [0.3, 0.4) is 0 Å².